The fourth-order valence-electron chi connectivity index (χ4n) is 4.21. The zero-order chi connectivity index (χ0) is 25.5. The summed E-state index contributed by atoms with van der Waals surface area (Å²) in [5.41, 5.74) is 3.93. The Balaban J connectivity index is 1.26. The van der Waals surface area contributed by atoms with Gasteiger partial charge in [-0.1, -0.05) is 36.4 Å². The lowest BCUT2D eigenvalue weighted by molar-refractivity contribution is 0.102. The van der Waals surface area contributed by atoms with Crippen LogP contribution in [0, 0.1) is 5.92 Å². The van der Waals surface area contributed by atoms with E-state index in [2.05, 4.69) is 42.7 Å². The SMILES string of the molecule is C/C=C\C=C/CCn1cnnc1-c1cccc(NC(=O)c2cc(N3C=C(CC4CC4)N=CC3)ccn2)c1. The Morgan fingerprint density at radius 3 is 2.97 bits per heavy atom. The topological polar surface area (TPSA) is 88.3 Å². The van der Waals surface area contributed by atoms with Gasteiger partial charge in [0.05, 0.1) is 12.2 Å². The number of allylic oxidation sites excluding steroid dienone is 5. The fraction of sp³-hybridized carbons (Fsp3) is 0.276. The van der Waals surface area contributed by atoms with Crippen molar-refractivity contribution in [1.29, 1.82) is 0 Å². The van der Waals surface area contributed by atoms with Crippen molar-refractivity contribution in [2.75, 3.05) is 16.8 Å². The Morgan fingerprint density at radius 2 is 2.11 bits per heavy atom. The van der Waals surface area contributed by atoms with Crippen LogP contribution in [0.15, 0.2) is 90.1 Å². The van der Waals surface area contributed by atoms with Crippen molar-refractivity contribution in [3.8, 4) is 11.4 Å². The lowest BCUT2D eigenvalue weighted by Crippen LogP contribution is -2.23. The number of aryl methyl sites for hydroxylation is 1. The number of hydrogen-bond donors (Lipinski definition) is 1. The number of rotatable bonds is 10. The van der Waals surface area contributed by atoms with Gasteiger partial charge in [0, 0.05) is 42.1 Å². The number of aliphatic imine (C=N–C) groups is 1. The van der Waals surface area contributed by atoms with Gasteiger partial charge in [0.1, 0.15) is 12.0 Å². The normalized spacial score (nSPS) is 15.5. The van der Waals surface area contributed by atoms with Crippen molar-refractivity contribution >= 4 is 23.5 Å². The van der Waals surface area contributed by atoms with Gasteiger partial charge < -0.3 is 14.8 Å². The summed E-state index contributed by atoms with van der Waals surface area (Å²) in [6, 6.07) is 11.4. The molecular weight excluding hydrogens is 462 g/mol. The van der Waals surface area contributed by atoms with Gasteiger partial charge in [-0.2, -0.15) is 0 Å². The molecule has 188 valence electrons. The number of aromatic nitrogens is 4. The number of pyridine rings is 1. The third kappa shape index (κ3) is 6.46. The molecule has 1 N–H and O–H groups in total. The number of nitrogens with zero attached hydrogens (tertiary/aromatic N) is 6. The Kier molecular flexibility index (Phi) is 7.64. The summed E-state index contributed by atoms with van der Waals surface area (Å²) in [4.78, 5) is 24.1. The minimum Gasteiger partial charge on any atom is -0.341 e. The lowest BCUT2D eigenvalue weighted by Gasteiger charge is -2.23. The average molecular weight is 494 g/mol. The highest BCUT2D eigenvalue weighted by molar-refractivity contribution is 6.03. The van der Waals surface area contributed by atoms with Crippen molar-refractivity contribution in [3.63, 3.8) is 0 Å². The summed E-state index contributed by atoms with van der Waals surface area (Å²) in [6.07, 6.45) is 20.0. The minimum atomic E-state index is -0.262. The van der Waals surface area contributed by atoms with E-state index in [4.69, 9.17) is 0 Å². The molecule has 1 amide bonds. The van der Waals surface area contributed by atoms with Gasteiger partial charge in [-0.3, -0.25) is 14.8 Å². The first-order chi connectivity index (χ1) is 18.2. The van der Waals surface area contributed by atoms with E-state index < -0.39 is 0 Å². The Morgan fingerprint density at radius 1 is 1.19 bits per heavy atom. The smallest absolute Gasteiger partial charge is 0.274 e. The number of anilines is 2. The summed E-state index contributed by atoms with van der Waals surface area (Å²) in [7, 11) is 0. The van der Waals surface area contributed by atoms with Gasteiger partial charge >= 0.3 is 0 Å². The van der Waals surface area contributed by atoms with E-state index in [0.29, 0.717) is 17.9 Å². The van der Waals surface area contributed by atoms with Gasteiger partial charge in [-0.15, -0.1) is 10.2 Å². The summed E-state index contributed by atoms with van der Waals surface area (Å²) >= 11 is 0. The van der Waals surface area contributed by atoms with E-state index in [1.807, 2.05) is 72.3 Å². The fourth-order valence-corrected chi connectivity index (χ4v) is 4.21. The maximum absolute atomic E-state index is 13.1. The van der Waals surface area contributed by atoms with Gasteiger partial charge in [-0.25, -0.2) is 0 Å². The second-order valence-corrected chi connectivity index (χ2v) is 9.26. The van der Waals surface area contributed by atoms with Crippen LogP contribution in [-0.4, -0.2) is 38.4 Å². The van der Waals surface area contributed by atoms with Crippen LogP contribution in [0.1, 0.15) is 43.1 Å². The van der Waals surface area contributed by atoms with E-state index in [9.17, 15) is 4.79 Å². The van der Waals surface area contributed by atoms with E-state index in [1.54, 1.807) is 12.5 Å². The molecule has 1 aromatic carbocycles. The standard InChI is InChI=1S/C29H31N7O/c1-2-3-4-5-6-15-36-21-32-34-28(36)23-8-7-9-24(18-23)33-29(37)27-19-26(12-13-31-27)35-16-14-30-25(20-35)17-22-10-11-22/h2-5,7-9,12-14,18-22H,6,10-11,15-17H2,1H3,(H,33,37)/b3-2-,5-4-. The van der Waals surface area contributed by atoms with Crippen molar-refractivity contribution in [1.82, 2.24) is 19.7 Å². The highest BCUT2D eigenvalue weighted by Gasteiger charge is 2.23. The number of benzene rings is 1. The largest absolute Gasteiger partial charge is 0.341 e. The molecule has 2 aromatic heterocycles. The molecule has 0 bridgehead atoms. The van der Waals surface area contributed by atoms with Crippen LogP contribution in [0.3, 0.4) is 0 Å². The van der Waals surface area contributed by atoms with Crippen molar-refractivity contribution in [3.05, 3.63) is 90.8 Å². The number of carbonyl (C=O) groups excluding carboxylic acids is 1. The van der Waals surface area contributed by atoms with E-state index >= 15 is 0 Å². The van der Waals surface area contributed by atoms with Crippen LogP contribution in [-0.2, 0) is 6.54 Å². The molecule has 0 atom stereocenters. The molecule has 1 saturated carbocycles. The summed E-state index contributed by atoms with van der Waals surface area (Å²) < 4.78 is 2.01. The van der Waals surface area contributed by atoms with Crippen LogP contribution < -0.4 is 10.2 Å². The molecule has 5 rings (SSSR count). The monoisotopic (exact) mass is 493 g/mol. The Bertz CT molecular complexity index is 1360. The average Bonchev–Trinajstić information content (AvgIpc) is 3.62. The number of hydrogen-bond acceptors (Lipinski definition) is 6. The molecule has 1 aliphatic heterocycles. The third-order valence-corrected chi connectivity index (χ3v) is 6.31. The molecule has 1 fully saturated rings. The predicted octanol–water partition coefficient (Wildman–Crippen LogP) is 5.65. The number of carbonyl (C=O) groups is 1. The molecular formula is C29H31N7O. The molecule has 37 heavy (non-hydrogen) atoms. The predicted molar refractivity (Wildman–Crippen MR) is 147 cm³/mol. The Hall–Kier alpha value is -4.33. The first-order valence-corrected chi connectivity index (χ1v) is 12.7. The van der Waals surface area contributed by atoms with Gasteiger partial charge in [0.2, 0.25) is 0 Å². The molecule has 0 saturated heterocycles. The van der Waals surface area contributed by atoms with Crippen molar-refractivity contribution < 1.29 is 4.79 Å². The molecule has 1 aliphatic carbocycles. The van der Waals surface area contributed by atoms with Crippen molar-refractivity contribution in [2.45, 2.75) is 39.2 Å². The molecule has 0 unspecified atom stereocenters. The molecule has 8 nitrogen and oxygen atoms in total. The molecule has 2 aliphatic rings. The second kappa shape index (κ2) is 11.6. The van der Waals surface area contributed by atoms with Gasteiger partial charge in [0.25, 0.3) is 5.91 Å². The molecule has 0 radical (unpaired) electrons. The highest BCUT2D eigenvalue weighted by atomic mass is 16.1. The van der Waals surface area contributed by atoms with Crippen LogP contribution in [0.25, 0.3) is 11.4 Å². The molecule has 8 heteroatoms. The van der Waals surface area contributed by atoms with Crippen LogP contribution in [0.4, 0.5) is 11.4 Å². The highest BCUT2D eigenvalue weighted by Crippen LogP contribution is 2.36. The second-order valence-electron chi connectivity index (χ2n) is 9.26. The molecule has 0 spiro atoms. The van der Waals surface area contributed by atoms with E-state index in [1.165, 1.54) is 12.8 Å². The Labute approximate surface area is 217 Å². The quantitative estimate of drug-likeness (QED) is 0.369. The third-order valence-electron chi connectivity index (χ3n) is 6.31. The zero-order valence-corrected chi connectivity index (χ0v) is 21.0. The zero-order valence-electron chi connectivity index (χ0n) is 21.0. The first-order valence-electron chi connectivity index (χ1n) is 12.7. The summed E-state index contributed by atoms with van der Waals surface area (Å²) in [5, 5.41) is 11.4. The van der Waals surface area contributed by atoms with Gasteiger partial charge in [0.15, 0.2) is 5.82 Å². The van der Waals surface area contributed by atoms with Gasteiger partial charge in [-0.05, 0) is 62.8 Å². The number of amides is 1. The van der Waals surface area contributed by atoms with Crippen LogP contribution in [0.5, 0.6) is 0 Å². The van der Waals surface area contributed by atoms with Crippen LogP contribution >= 0.6 is 0 Å². The number of nitrogens with one attached hydrogen (secondary N) is 1. The summed E-state index contributed by atoms with van der Waals surface area (Å²) in [5.74, 6) is 1.27. The maximum atomic E-state index is 13.1. The van der Waals surface area contributed by atoms with Crippen LogP contribution in [0.2, 0.25) is 0 Å². The molecule has 3 heterocycles. The lowest BCUT2D eigenvalue weighted by atomic mass is 10.1. The minimum absolute atomic E-state index is 0.262. The van der Waals surface area contributed by atoms with Crippen molar-refractivity contribution in [2.24, 2.45) is 10.9 Å². The summed E-state index contributed by atoms with van der Waals surface area (Å²) in [6.45, 7) is 3.43. The molecule has 3 aromatic rings. The van der Waals surface area contributed by atoms with E-state index in [0.717, 1.165) is 48.1 Å². The maximum Gasteiger partial charge on any atom is 0.274 e. The van der Waals surface area contributed by atoms with E-state index in [-0.39, 0.29) is 5.91 Å². The first kappa shape index (κ1) is 24.4.